The first-order chi connectivity index (χ1) is 4.42. The van der Waals surface area contributed by atoms with E-state index in [2.05, 4.69) is 0 Å². The molecule has 0 aliphatic carbocycles. The SMILES string of the molecule is NC(N)(N)CCCC(=O)O. The highest BCUT2D eigenvalue weighted by Gasteiger charge is 2.11. The van der Waals surface area contributed by atoms with Crippen molar-refractivity contribution in [1.82, 2.24) is 0 Å². The molecule has 0 spiro atoms. The molecule has 0 aliphatic heterocycles. The minimum absolute atomic E-state index is 0.0628. The van der Waals surface area contributed by atoms with Gasteiger partial charge in [0.1, 0.15) is 5.79 Å². The van der Waals surface area contributed by atoms with E-state index in [9.17, 15) is 4.79 Å². The van der Waals surface area contributed by atoms with E-state index < -0.39 is 11.8 Å². The molecule has 0 unspecified atom stereocenters. The third-order valence-corrected chi connectivity index (χ3v) is 1.00. The number of hydrogen-bond acceptors (Lipinski definition) is 4. The lowest BCUT2D eigenvalue weighted by Crippen LogP contribution is -2.57. The predicted molar refractivity (Wildman–Crippen MR) is 36.8 cm³/mol. The van der Waals surface area contributed by atoms with E-state index in [1.165, 1.54) is 0 Å². The number of nitrogens with two attached hydrogens (primary N) is 3. The van der Waals surface area contributed by atoms with Crippen LogP contribution in [0, 0.1) is 0 Å². The van der Waals surface area contributed by atoms with E-state index >= 15 is 0 Å². The first-order valence-electron chi connectivity index (χ1n) is 3.00. The van der Waals surface area contributed by atoms with Crippen LogP contribution in [0.2, 0.25) is 0 Å². The number of aliphatic carboxylic acids is 1. The van der Waals surface area contributed by atoms with Gasteiger partial charge in [0.25, 0.3) is 0 Å². The number of carboxylic acid groups (broad SMARTS) is 1. The first-order valence-corrected chi connectivity index (χ1v) is 3.00. The van der Waals surface area contributed by atoms with Gasteiger partial charge in [-0.1, -0.05) is 0 Å². The summed E-state index contributed by atoms with van der Waals surface area (Å²) in [5.74, 6) is -2.08. The number of hydrogen-bond donors (Lipinski definition) is 4. The Balaban J connectivity index is 3.29. The molecule has 5 heteroatoms. The lowest BCUT2D eigenvalue weighted by Gasteiger charge is -2.16. The second kappa shape index (κ2) is 3.50. The van der Waals surface area contributed by atoms with Crippen LogP contribution < -0.4 is 17.2 Å². The van der Waals surface area contributed by atoms with Gasteiger partial charge in [0.15, 0.2) is 0 Å². The van der Waals surface area contributed by atoms with Crippen molar-refractivity contribution in [2.24, 2.45) is 17.2 Å². The van der Waals surface area contributed by atoms with Gasteiger partial charge in [-0.2, -0.15) is 0 Å². The van der Waals surface area contributed by atoms with Crippen LogP contribution in [0.25, 0.3) is 0 Å². The van der Waals surface area contributed by atoms with E-state index in [0.29, 0.717) is 12.8 Å². The Hall–Kier alpha value is -0.650. The summed E-state index contributed by atoms with van der Waals surface area (Å²) in [6, 6.07) is 0. The zero-order valence-electron chi connectivity index (χ0n) is 5.71. The molecule has 0 radical (unpaired) electrons. The fourth-order valence-electron chi connectivity index (χ4n) is 0.546. The lowest BCUT2D eigenvalue weighted by atomic mass is 10.1. The molecular formula is C5H13N3O2. The Morgan fingerprint density at radius 2 is 1.90 bits per heavy atom. The minimum atomic E-state index is -1.23. The summed E-state index contributed by atoms with van der Waals surface area (Å²) in [5, 5.41) is 8.19. The molecule has 0 saturated heterocycles. The van der Waals surface area contributed by atoms with Gasteiger partial charge >= 0.3 is 5.97 Å². The molecule has 0 aromatic carbocycles. The molecule has 0 saturated carbocycles. The summed E-state index contributed by atoms with van der Waals surface area (Å²) >= 11 is 0. The van der Waals surface area contributed by atoms with Gasteiger partial charge < -0.3 is 22.3 Å². The summed E-state index contributed by atoms with van der Waals surface area (Å²) in [5.41, 5.74) is 15.6. The van der Waals surface area contributed by atoms with Crippen molar-refractivity contribution in [3.05, 3.63) is 0 Å². The van der Waals surface area contributed by atoms with Crippen LogP contribution in [-0.2, 0) is 4.79 Å². The Bertz CT molecular complexity index is 119. The fraction of sp³-hybridized carbons (Fsp3) is 0.800. The smallest absolute Gasteiger partial charge is 0.303 e. The number of carbonyl (C=O) groups is 1. The van der Waals surface area contributed by atoms with Crippen molar-refractivity contribution in [2.75, 3.05) is 0 Å². The maximum atomic E-state index is 9.96. The monoisotopic (exact) mass is 147 g/mol. The van der Waals surface area contributed by atoms with Crippen LogP contribution >= 0.6 is 0 Å². The summed E-state index contributed by atoms with van der Waals surface area (Å²) in [6.07, 6.45) is 0.797. The Morgan fingerprint density at radius 3 is 2.20 bits per heavy atom. The molecule has 0 aromatic rings. The van der Waals surface area contributed by atoms with E-state index in [1.807, 2.05) is 0 Å². The quantitative estimate of drug-likeness (QED) is 0.372. The van der Waals surface area contributed by atoms with Gasteiger partial charge in [0.05, 0.1) is 0 Å². The summed E-state index contributed by atoms with van der Waals surface area (Å²) in [7, 11) is 0. The van der Waals surface area contributed by atoms with E-state index in [4.69, 9.17) is 22.3 Å². The van der Waals surface area contributed by atoms with E-state index in [1.54, 1.807) is 0 Å². The fourth-order valence-corrected chi connectivity index (χ4v) is 0.546. The van der Waals surface area contributed by atoms with Gasteiger partial charge in [-0.15, -0.1) is 0 Å². The molecule has 0 rings (SSSR count). The Kier molecular flexibility index (Phi) is 3.27. The molecule has 5 nitrogen and oxygen atoms in total. The third-order valence-electron chi connectivity index (χ3n) is 1.00. The Labute approximate surface area is 59.2 Å². The lowest BCUT2D eigenvalue weighted by molar-refractivity contribution is -0.137. The molecule has 60 valence electrons. The third kappa shape index (κ3) is 7.35. The summed E-state index contributed by atoms with van der Waals surface area (Å²) in [6.45, 7) is 0. The molecule has 0 amide bonds. The highest BCUT2D eigenvalue weighted by atomic mass is 16.4. The molecule has 0 bridgehead atoms. The molecular weight excluding hydrogens is 134 g/mol. The van der Waals surface area contributed by atoms with Crippen LogP contribution in [0.1, 0.15) is 19.3 Å². The Morgan fingerprint density at radius 1 is 1.40 bits per heavy atom. The molecule has 7 N–H and O–H groups in total. The highest BCUT2D eigenvalue weighted by Crippen LogP contribution is 1.99. The van der Waals surface area contributed by atoms with Gasteiger partial charge in [-0.25, -0.2) is 0 Å². The number of carboxylic acids is 1. The normalized spacial score (nSPS) is 11.5. The topological polar surface area (TPSA) is 115 Å². The molecule has 0 aliphatic rings. The zero-order chi connectivity index (χ0) is 8.20. The van der Waals surface area contributed by atoms with Gasteiger partial charge in [0.2, 0.25) is 0 Å². The predicted octanol–water partition coefficient (Wildman–Crippen LogP) is -1.23. The highest BCUT2D eigenvalue weighted by molar-refractivity contribution is 5.66. The van der Waals surface area contributed by atoms with E-state index in [-0.39, 0.29) is 6.42 Å². The van der Waals surface area contributed by atoms with E-state index in [0.717, 1.165) is 0 Å². The van der Waals surface area contributed by atoms with Crippen LogP contribution in [0.15, 0.2) is 0 Å². The molecule has 0 fully saturated rings. The maximum absolute atomic E-state index is 9.96. The van der Waals surface area contributed by atoms with Crippen LogP contribution in [0.3, 0.4) is 0 Å². The number of rotatable bonds is 4. The maximum Gasteiger partial charge on any atom is 0.303 e. The van der Waals surface area contributed by atoms with Crippen LogP contribution in [-0.4, -0.2) is 16.9 Å². The van der Waals surface area contributed by atoms with Crippen molar-refractivity contribution < 1.29 is 9.90 Å². The first kappa shape index (κ1) is 9.35. The average molecular weight is 147 g/mol. The van der Waals surface area contributed by atoms with Gasteiger partial charge in [0, 0.05) is 6.42 Å². The molecule has 0 heterocycles. The van der Waals surface area contributed by atoms with Crippen molar-refractivity contribution in [3.63, 3.8) is 0 Å². The summed E-state index contributed by atoms with van der Waals surface area (Å²) in [4.78, 5) is 9.96. The minimum Gasteiger partial charge on any atom is -0.481 e. The van der Waals surface area contributed by atoms with Crippen molar-refractivity contribution >= 4 is 5.97 Å². The standard InChI is InChI=1S/C5H13N3O2/c6-5(7,8)3-1-2-4(9)10/h1-3,6-8H2,(H,9,10). The molecule has 10 heavy (non-hydrogen) atoms. The largest absolute Gasteiger partial charge is 0.481 e. The second-order valence-corrected chi connectivity index (χ2v) is 2.36. The average Bonchev–Trinajstić information content (AvgIpc) is 1.59. The van der Waals surface area contributed by atoms with Crippen molar-refractivity contribution in [2.45, 2.75) is 25.0 Å². The van der Waals surface area contributed by atoms with Crippen LogP contribution in [0.5, 0.6) is 0 Å². The van der Waals surface area contributed by atoms with Crippen molar-refractivity contribution in [1.29, 1.82) is 0 Å². The molecule has 0 atom stereocenters. The second-order valence-electron chi connectivity index (χ2n) is 2.36. The van der Waals surface area contributed by atoms with Gasteiger partial charge in [-0.05, 0) is 12.8 Å². The zero-order valence-corrected chi connectivity index (χ0v) is 5.71. The van der Waals surface area contributed by atoms with Crippen LogP contribution in [0.4, 0.5) is 0 Å². The van der Waals surface area contributed by atoms with Crippen molar-refractivity contribution in [3.8, 4) is 0 Å². The summed E-state index contributed by atoms with van der Waals surface area (Å²) < 4.78 is 0. The van der Waals surface area contributed by atoms with Gasteiger partial charge in [-0.3, -0.25) is 4.79 Å². The molecule has 0 aromatic heterocycles.